The van der Waals surface area contributed by atoms with Crippen LogP contribution in [0.15, 0.2) is 35.4 Å². The van der Waals surface area contributed by atoms with Gasteiger partial charge in [0.25, 0.3) is 5.56 Å². The number of likely N-dealkylation sites (tertiary alicyclic amines) is 1. The molecule has 0 spiro atoms. The summed E-state index contributed by atoms with van der Waals surface area (Å²) >= 11 is 0. The van der Waals surface area contributed by atoms with Gasteiger partial charge in [0, 0.05) is 42.9 Å². The summed E-state index contributed by atoms with van der Waals surface area (Å²) in [7, 11) is 0. The molecule has 33 heavy (non-hydrogen) atoms. The zero-order chi connectivity index (χ0) is 22.4. The molecule has 3 aromatic heterocycles. The minimum Gasteiger partial charge on any atom is -0.486 e. The summed E-state index contributed by atoms with van der Waals surface area (Å²) in [5.74, 6) is 1.14. The molecular formula is C24H26FN5O3. The van der Waals surface area contributed by atoms with Crippen LogP contribution in [-0.4, -0.2) is 57.8 Å². The number of rotatable bonds is 4. The lowest BCUT2D eigenvalue weighted by molar-refractivity contribution is 0.126. The van der Waals surface area contributed by atoms with Gasteiger partial charge in [0.05, 0.1) is 29.1 Å². The van der Waals surface area contributed by atoms with E-state index in [9.17, 15) is 9.18 Å². The molecule has 0 aromatic carbocycles. The zero-order valence-electron chi connectivity index (χ0n) is 18.3. The van der Waals surface area contributed by atoms with E-state index < -0.39 is 0 Å². The Morgan fingerprint density at radius 3 is 2.76 bits per heavy atom. The predicted octanol–water partition coefficient (Wildman–Crippen LogP) is 1.88. The summed E-state index contributed by atoms with van der Waals surface area (Å²) in [6.45, 7) is 4.19. The van der Waals surface area contributed by atoms with Gasteiger partial charge in [0.2, 0.25) is 0 Å². The van der Waals surface area contributed by atoms with Crippen LogP contribution in [0.1, 0.15) is 24.1 Å². The first-order valence-electron chi connectivity index (χ1n) is 11.5. The summed E-state index contributed by atoms with van der Waals surface area (Å²) in [5.41, 5.74) is 2.78. The third kappa shape index (κ3) is 3.85. The van der Waals surface area contributed by atoms with Crippen molar-refractivity contribution in [3.63, 3.8) is 0 Å². The smallest absolute Gasteiger partial charge is 0.251 e. The van der Waals surface area contributed by atoms with E-state index in [4.69, 9.17) is 9.47 Å². The molecular weight excluding hydrogens is 425 g/mol. The Kier molecular flexibility index (Phi) is 5.22. The van der Waals surface area contributed by atoms with E-state index in [0.717, 1.165) is 37.4 Å². The maximum absolute atomic E-state index is 14.6. The van der Waals surface area contributed by atoms with E-state index in [1.54, 1.807) is 16.8 Å². The first-order chi connectivity index (χ1) is 16.2. The Balaban J connectivity index is 1.09. The molecule has 1 saturated heterocycles. The Bertz CT molecular complexity index is 1250. The highest BCUT2D eigenvalue weighted by atomic mass is 19.1. The molecule has 172 valence electrons. The molecule has 1 N–H and O–H groups in total. The van der Waals surface area contributed by atoms with Crippen LogP contribution in [0.5, 0.6) is 11.5 Å². The predicted molar refractivity (Wildman–Crippen MR) is 120 cm³/mol. The van der Waals surface area contributed by atoms with Gasteiger partial charge in [-0.15, -0.1) is 0 Å². The first-order valence-corrected chi connectivity index (χ1v) is 11.5. The Morgan fingerprint density at radius 2 is 1.91 bits per heavy atom. The summed E-state index contributed by atoms with van der Waals surface area (Å²) in [6.07, 6.45) is 5.59. The normalized spacial score (nSPS) is 20.8. The Labute approximate surface area is 190 Å². The number of halogens is 1. The maximum atomic E-state index is 14.6. The van der Waals surface area contributed by atoms with E-state index in [0.29, 0.717) is 61.1 Å². The third-order valence-electron chi connectivity index (χ3n) is 6.99. The molecule has 8 nitrogen and oxygen atoms in total. The Morgan fingerprint density at radius 1 is 1.09 bits per heavy atom. The number of ether oxygens (including phenoxy) is 2. The second kappa shape index (κ2) is 8.39. The van der Waals surface area contributed by atoms with Crippen molar-refractivity contribution < 1.29 is 13.9 Å². The summed E-state index contributed by atoms with van der Waals surface area (Å²) < 4.78 is 27.5. The fourth-order valence-electron chi connectivity index (χ4n) is 5.24. The van der Waals surface area contributed by atoms with Crippen molar-refractivity contribution in [1.29, 1.82) is 0 Å². The summed E-state index contributed by atoms with van der Waals surface area (Å²) in [4.78, 5) is 23.5. The minimum atomic E-state index is -0.324. The zero-order valence-corrected chi connectivity index (χ0v) is 18.3. The number of hydrogen-bond acceptors (Lipinski definition) is 7. The van der Waals surface area contributed by atoms with Crippen LogP contribution in [0.25, 0.3) is 11.0 Å². The number of piperidine rings is 1. The average molecular weight is 452 g/mol. The summed E-state index contributed by atoms with van der Waals surface area (Å²) in [6, 6.07) is 5.65. The van der Waals surface area contributed by atoms with Crippen LogP contribution in [0.2, 0.25) is 0 Å². The van der Waals surface area contributed by atoms with Crippen LogP contribution >= 0.6 is 0 Å². The van der Waals surface area contributed by atoms with Crippen molar-refractivity contribution in [2.75, 3.05) is 26.3 Å². The lowest BCUT2D eigenvalue weighted by atomic mass is 9.95. The molecule has 9 heteroatoms. The van der Waals surface area contributed by atoms with Gasteiger partial charge in [-0.25, -0.2) is 4.39 Å². The lowest BCUT2D eigenvalue weighted by Gasteiger charge is -2.40. The highest BCUT2D eigenvalue weighted by Gasteiger charge is 2.31. The number of aromatic nitrogens is 3. The second-order valence-corrected chi connectivity index (χ2v) is 8.97. The second-order valence-electron chi connectivity index (χ2n) is 8.97. The Hall–Kier alpha value is -3.04. The fourth-order valence-corrected chi connectivity index (χ4v) is 5.24. The highest BCUT2D eigenvalue weighted by Crippen LogP contribution is 2.30. The number of nitrogens with zero attached hydrogens (tertiary/aromatic N) is 4. The van der Waals surface area contributed by atoms with Crippen molar-refractivity contribution >= 4 is 11.0 Å². The van der Waals surface area contributed by atoms with E-state index in [1.807, 2.05) is 6.07 Å². The van der Waals surface area contributed by atoms with Gasteiger partial charge in [0.1, 0.15) is 19.0 Å². The molecule has 1 fully saturated rings. The standard InChI is InChI=1S/C24H26FN5O3/c25-19-12-28-20-1-2-23(31)30-14-17(10-18(19)24(20)30)29-5-3-15(4-6-29)26-11-16-9-21-22(13-27-16)33-8-7-32-21/h1-2,9,12-13,15,17,26H,3-8,10-11,14H2/t17-/m0/s1. The largest absolute Gasteiger partial charge is 0.486 e. The molecule has 1 atom stereocenters. The molecule has 6 rings (SSSR count). The van der Waals surface area contributed by atoms with Gasteiger partial charge in [-0.05, 0) is 38.4 Å². The molecule has 3 aromatic rings. The van der Waals surface area contributed by atoms with Crippen molar-refractivity contribution in [2.45, 2.75) is 44.4 Å². The van der Waals surface area contributed by atoms with Gasteiger partial charge in [0.15, 0.2) is 11.5 Å². The van der Waals surface area contributed by atoms with Crippen molar-refractivity contribution in [2.24, 2.45) is 0 Å². The number of fused-ring (bicyclic) bond motifs is 1. The van der Waals surface area contributed by atoms with Crippen LogP contribution in [0.4, 0.5) is 4.39 Å². The van der Waals surface area contributed by atoms with Crippen LogP contribution in [-0.2, 0) is 19.5 Å². The van der Waals surface area contributed by atoms with Crippen LogP contribution in [0.3, 0.4) is 0 Å². The molecule has 3 aliphatic heterocycles. The third-order valence-corrected chi connectivity index (χ3v) is 6.99. The molecule has 0 saturated carbocycles. The molecule has 0 amide bonds. The van der Waals surface area contributed by atoms with Gasteiger partial charge in [-0.1, -0.05) is 0 Å². The topological polar surface area (TPSA) is 81.5 Å². The van der Waals surface area contributed by atoms with Crippen molar-refractivity contribution in [3.8, 4) is 11.5 Å². The van der Waals surface area contributed by atoms with E-state index in [1.165, 1.54) is 12.3 Å². The molecule has 0 aliphatic carbocycles. The van der Waals surface area contributed by atoms with Crippen molar-refractivity contribution in [1.82, 2.24) is 24.8 Å². The first kappa shape index (κ1) is 20.6. The number of pyridine rings is 3. The van der Waals surface area contributed by atoms with Gasteiger partial charge >= 0.3 is 0 Å². The SMILES string of the molecule is O=c1ccc2ncc(F)c3c2n1C[C@@H](N1CCC(NCc2cc4c(cn2)OCCO4)CC1)C3. The molecule has 0 unspecified atom stereocenters. The number of nitrogens with one attached hydrogen (secondary N) is 1. The van der Waals surface area contributed by atoms with Crippen LogP contribution < -0.4 is 20.3 Å². The average Bonchev–Trinajstić information content (AvgIpc) is 2.86. The maximum Gasteiger partial charge on any atom is 0.251 e. The lowest BCUT2D eigenvalue weighted by Crippen LogP contribution is -2.50. The van der Waals surface area contributed by atoms with Gasteiger partial charge in [-0.2, -0.15) is 0 Å². The molecule has 0 bridgehead atoms. The number of hydrogen-bond donors (Lipinski definition) is 1. The monoisotopic (exact) mass is 451 g/mol. The molecule has 3 aliphatic rings. The summed E-state index contributed by atoms with van der Waals surface area (Å²) in [5, 5.41) is 3.61. The minimum absolute atomic E-state index is 0.0932. The quantitative estimate of drug-likeness (QED) is 0.649. The highest BCUT2D eigenvalue weighted by molar-refractivity contribution is 5.79. The van der Waals surface area contributed by atoms with Gasteiger partial charge < -0.3 is 19.4 Å². The molecule has 6 heterocycles. The van der Waals surface area contributed by atoms with E-state index in [-0.39, 0.29) is 17.4 Å². The van der Waals surface area contributed by atoms with E-state index >= 15 is 0 Å². The van der Waals surface area contributed by atoms with Gasteiger partial charge in [-0.3, -0.25) is 19.7 Å². The van der Waals surface area contributed by atoms with E-state index in [2.05, 4.69) is 20.2 Å². The van der Waals surface area contributed by atoms with Crippen LogP contribution in [0, 0.1) is 5.82 Å². The molecule has 0 radical (unpaired) electrons. The fraction of sp³-hybridized carbons (Fsp3) is 0.458. The van der Waals surface area contributed by atoms with Crippen molar-refractivity contribution in [3.05, 3.63) is 58.0 Å².